The molecule has 0 atom stereocenters. The lowest BCUT2D eigenvalue weighted by Gasteiger charge is -2.15. The van der Waals surface area contributed by atoms with Gasteiger partial charge in [0.05, 0.1) is 17.1 Å². The summed E-state index contributed by atoms with van der Waals surface area (Å²) in [4.78, 5) is 4.48. The number of benzene rings is 1. The molecule has 2 aromatic rings. The highest BCUT2D eigenvalue weighted by Crippen LogP contribution is 2.38. The highest BCUT2D eigenvalue weighted by molar-refractivity contribution is 5.85. The summed E-state index contributed by atoms with van der Waals surface area (Å²) in [5, 5.41) is 8.30. The lowest BCUT2D eigenvalue weighted by molar-refractivity contribution is 0.753. The summed E-state index contributed by atoms with van der Waals surface area (Å²) in [6, 6.07) is 10.3. The van der Waals surface area contributed by atoms with Crippen LogP contribution in [0, 0.1) is 6.92 Å². The van der Waals surface area contributed by atoms with Crippen molar-refractivity contribution in [2.75, 3.05) is 0 Å². The van der Waals surface area contributed by atoms with Crippen LogP contribution in [0.4, 0.5) is 5.69 Å². The van der Waals surface area contributed by atoms with Gasteiger partial charge in [-0.3, -0.25) is 4.99 Å². The van der Waals surface area contributed by atoms with Crippen LogP contribution in [0.2, 0.25) is 0 Å². The molecule has 1 aromatic heterocycles. The van der Waals surface area contributed by atoms with Crippen LogP contribution >= 0.6 is 0 Å². The van der Waals surface area contributed by atoms with Crippen molar-refractivity contribution in [3.63, 3.8) is 0 Å². The van der Waals surface area contributed by atoms with E-state index in [1.165, 1.54) is 5.56 Å². The molecule has 0 aliphatic carbocycles. The van der Waals surface area contributed by atoms with Crippen molar-refractivity contribution in [2.45, 2.75) is 26.2 Å². The molecule has 18 heavy (non-hydrogen) atoms. The lowest BCUT2D eigenvalue weighted by Crippen LogP contribution is -2.14. The van der Waals surface area contributed by atoms with E-state index >= 15 is 0 Å². The average Bonchev–Trinajstić information content (AvgIpc) is 2.66. The van der Waals surface area contributed by atoms with Gasteiger partial charge >= 0.3 is 0 Å². The topological polar surface area (TPSA) is 38.1 Å². The first-order valence-corrected chi connectivity index (χ1v) is 6.07. The number of aliphatic imine (C=N–C) groups is 1. The van der Waals surface area contributed by atoms with E-state index in [1.807, 2.05) is 25.3 Å². The van der Waals surface area contributed by atoms with Crippen LogP contribution in [-0.4, -0.2) is 16.4 Å². The van der Waals surface area contributed by atoms with Gasteiger partial charge in [-0.1, -0.05) is 26.0 Å². The molecule has 0 radical (unpaired) electrons. The highest BCUT2D eigenvalue weighted by atomic mass is 15.1. The van der Waals surface area contributed by atoms with Crippen LogP contribution in [0.3, 0.4) is 0 Å². The number of rotatable bonds is 1. The summed E-state index contributed by atoms with van der Waals surface area (Å²) in [6.45, 7) is 6.29. The second-order valence-electron chi connectivity index (χ2n) is 5.27. The van der Waals surface area contributed by atoms with Gasteiger partial charge in [0.1, 0.15) is 0 Å². The third kappa shape index (κ3) is 1.72. The third-order valence-electron chi connectivity index (χ3n) is 3.31. The SMILES string of the molecule is Cc1ccc(-c2ccc3c(c2)N=CC3(C)C)nn1. The average molecular weight is 237 g/mol. The zero-order valence-electron chi connectivity index (χ0n) is 10.8. The third-order valence-corrected chi connectivity index (χ3v) is 3.31. The minimum Gasteiger partial charge on any atom is -0.260 e. The van der Waals surface area contributed by atoms with Gasteiger partial charge in [-0.15, -0.1) is 0 Å². The van der Waals surface area contributed by atoms with Crippen molar-refractivity contribution >= 4 is 11.9 Å². The first-order valence-electron chi connectivity index (χ1n) is 6.07. The van der Waals surface area contributed by atoms with Crippen molar-refractivity contribution in [1.29, 1.82) is 0 Å². The summed E-state index contributed by atoms with van der Waals surface area (Å²) >= 11 is 0. The van der Waals surface area contributed by atoms with Crippen LogP contribution in [0.25, 0.3) is 11.3 Å². The summed E-state index contributed by atoms with van der Waals surface area (Å²) in [6.07, 6.45) is 2.00. The predicted molar refractivity (Wildman–Crippen MR) is 73.4 cm³/mol. The minimum atomic E-state index is 0.0345. The van der Waals surface area contributed by atoms with Crippen molar-refractivity contribution in [3.8, 4) is 11.3 Å². The standard InChI is InChI=1S/C15H15N3/c1-10-4-7-13(18-17-10)11-5-6-12-14(8-11)16-9-15(12,2)3/h4-9H,1-3H3. The van der Waals surface area contributed by atoms with Crippen LogP contribution in [-0.2, 0) is 5.41 Å². The maximum atomic E-state index is 4.48. The van der Waals surface area contributed by atoms with E-state index in [-0.39, 0.29) is 5.41 Å². The Balaban J connectivity index is 2.07. The van der Waals surface area contributed by atoms with E-state index in [0.29, 0.717) is 0 Å². The monoisotopic (exact) mass is 237 g/mol. The summed E-state index contributed by atoms with van der Waals surface area (Å²) in [5.74, 6) is 0. The Bertz CT molecular complexity index is 625. The zero-order chi connectivity index (χ0) is 12.8. The Morgan fingerprint density at radius 3 is 2.56 bits per heavy atom. The molecule has 1 aliphatic rings. The fourth-order valence-electron chi connectivity index (χ4n) is 2.20. The maximum absolute atomic E-state index is 4.48. The molecule has 3 rings (SSSR count). The molecule has 0 amide bonds. The van der Waals surface area contributed by atoms with Crippen LogP contribution in [0.5, 0.6) is 0 Å². The fourth-order valence-corrected chi connectivity index (χ4v) is 2.20. The number of aromatic nitrogens is 2. The Kier molecular flexibility index (Phi) is 2.30. The van der Waals surface area contributed by atoms with Gasteiger partial charge in [-0.25, -0.2) is 0 Å². The Hall–Kier alpha value is -2.03. The van der Waals surface area contributed by atoms with Gasteiger partial charge in [-0.05, 0) is 30.7 Å². The van der Waals surface area contributed by atoms with Crippen molar-refractivity contribution in [1.82, 2.24) is 10.2 Å². The van der Waals surface area contributed by atoms with E-state index < -0.39 is 0 Å². The first kappa shape index (κ1) is 11.1. The molecule has 90 valence electrons. The van der Waals surface area contributed by atoms with Gasteiger partial charge in [0.15, 0.2) is 0 Å². The molecular weight excluding hydrogens is 222 g/mol. The molecule has 2 heterocycles. The fraction of sp³-hybridized carbons (Fsp3) is 0.267. The Morgan fingerprint density at radius 1 is 1.00 bits per heavy atom. The van der Waals surface area contributed by atoms with Crippen LogP contribution in [0.15, 0.2) is 35.3 Å². The number of fused-ring (bicyclic) bond motifs is 1. The molecule has 0 saturated carbocycles. The van der Waals surface area contributed by atoms with Gasteiger partial charge in [-0.2, -0.15) is 10.2 Å². The molecule has 1 aliphatic heterocycles. The molecule has 3 heteroatoms. The highest BCUT2D eigenvalue weighted by Gasteiger charge is 2.26. The van der Waals surface area contributed by atoms with E-state index in [4.69, 9.17) is 0 Å². The molecule has 0 unspecified atom stereocenters. The van der Waals surface area contributed by atoms with Crippen LogP contribution in [0.1, 0.15) is 25.1 Å². The molecule has 1 aromatic carbocycles. The zero-order valence-corrected chi connectivity index (χ0v) is 10.8. The molecule has 0 spiro atoms. The van der Waals surface area contributed by atoms with E-state index in [2.05, 4.69) is 47.2 Å². The largest absolute Gasteiger partial charge is 0.260 e. The van der Waals surface area contributed by atoms with Crippen molar-refractivity contribution in [3.05, 3.63) is 41.6 Å². The number of nitrogens with zero attached hydrogens (tertiary/aromatic N) is 3. The molecule has 0 saturated heterocycles. The van der Waals surface area contributed by atoms with E-state index in [1.54, 1.807) is 0 Å². The summed E-state index contributed by atoms with van der Waals surface area (Å²) in [7, 11) is 0. The van der Waals surface area contributed by atoms with Gasteiger partial charge in [0.25, 0.3) is 0 Å². The number of hydrogen-bond acceptors (Lipinski definition) is 3. The first-order chi connectivity index (χ1) is 8.56. The van der Waals surface area contributed by atoms with Gasteiger partial charge < -0.3 is 0 Å². The van der Waals surface area contributed by atoms with E-state index in [9.17, 15) is 0 Å². The Morgan fingerprint density at radius 2 is 1.83 bits per heavy atom. The number of hydrogen-bond donors (Lipinski definition) is 0. The molecule has 0 N–H and O–H groups in total. The second-order valence-corrected chi connectivity index (χ2v) is 5.27. The quantitative estimate of drug-likeness (QED) is 0.762. The maximum Gasteiger partial charge on any atom is 0.0930 e. The smallest absolute Gasteiger partial charge is 0.0930 e. The van der Waals surface area contributed by atoms with Gasteiger partial charge in [0, 0.05) is 17.2 Å². The molecule has 0 bridgehead atoms. The normalized spacial score (nSPS) is 15.7. The predicted octanol–water partition coefficient (Wildman–Crippen LogP) is 3.45. The Labute approximate surface area is 107 Å². The van der Waals surface area contributed by atoms with Crippen LogP contribution < -0.4 is 0 Å². The van der Waals surface area contributed by atoms with E-state index in [0.717, 1.165) is 22.6 Å². The summed E-state index contributed by atoms with van der Waals surface area (Å²) < 4.78 is 0. The second kappa shape index (κ2) is 3.73. The number of aryl methyl sites for hydroxylation is 1. The molecule has 3 nitrogen and oxygen atoms in total. The van der Waals surface area contributed by atoms with Crippen molar-refractivity contribution in [2.24, 2.45) is 4.99 Å². The molecular formula is C15H15N3. The minimum absolute atomic E-state index is 0.0345. The molecule has 0 fully saturated rings. The van der Waals surface area contributed by atoms with Crippen molar-refractivity contribution < 1.29 is 0 Å². The lowest BCUT2D eigenvalue weighted by atomic mass is 9.86. The summed E-state index contributed by atoms with van der Waals surface area (Å²) in [5.41, 5.74) is 5.23. The van der Waals surface area contributed by atoms with Gasteiger partial charge in [0.2, 0.25) is 0 Å².